The molecule has 23 heteroatoms. The largest absolute Gasteiger partial charge is 0.394 e. The van der Waals surface area contributed by atoms with Crippen molar-refractivity contribution in [1.29, 1.82) is 0 Å². The van der Waals surface area contributed by atoms with Crippen LogP contribution < -0.4 is 49.5 Å². The van der Waals surface area contributed by atoms with Crippen LogP contribution in [0.15, 0.2) is 30.0 Å². The van der Waals surface area contributed by atoms with Crippen LogP contribution in [0.3, 0.4) is 0 Å². The molecule has 1 saturated heterocycles. The molecule has 2 aromatic rings. The topological polar surface area (TPSA) is 380 Å². The van der Waals surface area contributed by atoms with Crippen molar-refractivity contribution in [2.24, 2.45) is 27.9 Å². The van der Waals surface area contributed by atoms with E-state index in [2.05, 4.69) is 51.5 Å². The van der Waals surface area contributed by atoms with Crippen molar-refractivity contribution in [3.63, 3.8) is 0 Å². The first-order valence-electron chi connectivity index (χ1n) is 19.3. The Morgan fingerprint density at radius 1 is 0.828 bits per heavy atom. The van der Waals surface area contributed by atoms with E-state index >= 15 is 0 Å². The van der Waals surface area contributed by atoms with E-state index in [-0.39, 0.29) is 51.3 Å². The van der Waals surface area contributed by atoms with Gasteiger partial charge in [-0.1, -0.05) is 6.42 Å². The van der Waals surface area contributed by atoms with Crippen LogP contribution in [0.2, 0.25) is 0 Å². The second-order valence-electron chi connectivity index (χ2n) is 14.1. The Morgan fingerprint density at radius 3 is 2.09 bits per heavy atom. The number of imidazole rings is 2. The van der Waals surface area contributed by atoms with Gasteiger partial charge in [-0.15, -0.1) is 0 Å². The maximum absolute atomic E-state index is 13.7. The number of likely N-dealkylation sites (tertiary alicyclic amines) is 1. The highest BCUT2D eigenvalue weighted by molar-refractivity contribution is 5.97. The first-order valence-corrected chi connectivity index (χ1v) is 19.3. The Morgan fingerprint density at radius 2 is 1.48 bits per heavy atom. The van der Waals surface area contributed by atoms with Gasteiger partial charge in [-0.3, -0.25) is 33.8 Å². The van der Waals surface area contributed by atoms with Crippen molar-refractivity contribution in [2.75, 3.05) is 32.8 Å². The van der Waals surface area contributed by atoms with Crippen molar-refractivity contribution >= 4 is 41.4 Å². The molecule has 322 valence electrons. The quantitative estimate of drug-likeness (QED) is 0.0253. The summed E-state index contributed by atoms with van der Waals surface area (Å²) in [6.07, 6.45) is 8.91. The number of aliphatic hydroxyl groups excluding tert-OH is 2. The number of aromatic amines is 2. The van der Waals surface area contributed by atoms with Gasteiger partial charge in [-0.2, -0.15) is 0 Å². The van der Waals surface area contributed by atoms with E-state index in [9.17, 15) is 39.0 Å². The second-order valence-corrected chi connectivity index (χ2v) is 14.1. The Bertz CT molecular complexity index is 1640. The first kappa shape index (κ1) is 46.7. The SMILES string of the molecule is C[C@H](NC(=O)[C@H](Cc1cnc[nH]1)NC(=O)[C@@H](N)Cc1cnc[nH]1)C(=O)N[C@@H](CO)C(=O)N1CCC[C@H]1C(=O)N[C@@H](CCCN=C(N)N)C(=O)N[C@H](CO)CCCCN. The summed E-state index contributed by atoms with van der Waals surface area (Å²) in [7, 11) is 0. The number of nitrogens with zero attached hydrogens (tertiary/aromatic N) is 4. The van der Waals surface area contributed by atoms with E-state index in [1.54, 1.807) is 0 Å². The molecule has 0 aromatic carbocycles. The van der Waals surface area contributed by atoms with Crippen LogP contribution in [0.4, 0.5) is 0 Å². The fraction of sp³-hybridized carbons (Fsp3) is 0.629. The van der Waals surface area contributed by atoms with Gasteiger partial charge in [-0.05, 0) is 52.0 Å². The number of carbonyl (C=O) groups excluding carboxylic acids is 6. The third-order valence-electron chi connectivity index (χ3n) is 9.48. The lowest BCUT2D eigenvalue weighted by Gasteiger charge is -2.30. The highest BCUT2D eigenvalue weighted by Crippen LogP contribution is 2.19. The summed E-state index contributed by atoms with van der Waals surface area (Å²) in [6, 6.07) is -7.61. The monoisotopic (exact) mass is 817 g/mol. The molecular formula is C35H59N15O8. The number of amides is 6. The number of carbonyl (C=O) groups is 6. The van der Waals surface area contributed by atoms with Crippen molar-refractivity contribution in [3.05, 3.63) is 36.4 Å². The number of aliphatic hydroxyl groups is 2. The lowest BCUT2D eigenvalue weighted by Crippen LogP contribution is -2.60. The van der Waals surface area contributed by atoms with Gasteiger partial charge in [0.15, 0.2) is 5.96 Å². The van der Waals surface area contributed by atoms with Gasteiger partial charge in [0.05, 0.1) is 38.0 Å². The average molecular weight is 818 g/mol. The van der Waals surface area contributed by atoms with Gasteiger partial charge in [0, 0.05) is 49.7 Å². The van der Waals surface area contributed by atoms with Gasteiger partial charge in [-0.25, -0.2) is 9.97 Å². The van der Waals surface area contributed by atoms with Crippen LogP contribution in [0, 0.1) is 0 Å². The van der Waals surface area contributed by atoms with E-state index in [1.807, 2.05) is 0 Å². The number of aliphatic imine (C=N–C) groups is 1. The number of guanidine groups is 1. The molecule has 3 heterocycles. The number of aromatic nitrogens is 4. The Hall–Kier alpha value is -5.65. The van der Waals surface area contributed by atoms with Gasteiger partial charge in [0.1, 0.15) is 30.2 Å². The summed E-state index contributed by atoms with van der Waals surface area (Å²) in [5.41, 5.74) is 23.6. The summed E-state index contributed by atoms with van der Waals surface area (Å²) in [5, 5.41) is 33.1. The summed E-state index contributed by atoms with van der Waals surface area (Å²) >= 11 is 0. The van der Waals surface area contributed by atoms with E-state index in [4.69, 9.17) is 22.9 Å². The van der Waals surface area contributed by atoms with Crippen LogP contribution in [0.5, 0.6) is 0 Å². The van der Waals surface area contributed by atoms with Crippen molar-refractivity contribution in [1.82, 2.24) is 51.4 Å². The van der Waals surface area contributed by atoms with Crippen LogP contribution in [-0.2, 0) is 41.6 Å². The summed E-state index contributed by atoms with van der Waals surface area (Å²) < 4.78 is 0. The fourth-order valence-corrected chi connectivity index (χ4v) is 6.28. The minimum Gasteiger partial charge on any atom is -0.394 e. The maximum Gasteiger partial charge on any atom is 0.248 e. The predicted octanol–water partition coefficient (Wildman–Crippen LogP) is -5.15. The van der Waals surface area contributed by atoms with Crippen LogP contribution >= 0.6 is 0 Å². The average Bonchev–Trinajstić information content (AvgIpc) is 4.01. The van der Waals surface area contributed by atoms with E-state index < -0.39 is 84.3 Å². The van der Waals surface area contributed by atoms with E-state index in [0.717, 1.165) is 0 Å². The minimum absolute atomic E-state index is 0.0194. The fourth-order valence-electron chi connectivity index (χ4n) is 6.28. The Balaban J connectivity index is 1.64. The normalized spacial score (nSPS) is 16.8. The zero-order valence-electron chi connectivity index (χ0n) is 32.7. The van der Waals surface area contributed by atoms with E-state index in [1.165, 1.54) is 36.9 Å². The maximum atomic E-state index is 13.7. The zero-order valence-corrected chi connectivity index (χ0v) is 32.7. The number of nitrogens with one attached hydrogen (secondary N) is 7. The Labute approximate surface area is 335 Å². The predicted molar refractivity (Wildman–Crippen MR) is 210 cm³/mol. The number of H-pyrrole nitrogens is 2. The van der Waals surface area contributed by atoms with E-state index in [0.29, 0.717) is 50.0 Å². The number of nitrogens with two attached hydrogens (primary N) is 4. The minimum atomic E-state index is -1.49. The summed E-state index contributed by atoms with van der Waals surface area (Å²) in [6.45, 7) is 0.981. The molecule has 0 bridgehead atoms. The zero-order chi connectivity index (χ0) is 42.6. The molecule has 1 fully saturated rings. The number of hydrogen-bond acceptors (Lipinski definition) is 13. The second kappa shape index (κ2) is 24.2. The number of hydrogen-bond donors (Lipinski definition) is 13. The molecule has 17 N–H and O–H groups in total. The molecule has 1 aliphatic heterocycles. The molecular weight excluding hydrogens is 758 g/mol. The Kier molecular flexibility index (Phi) is 19.5. The third kappa shape index (κ3) is 15.0. The highest BCUT2D eigenvalue weighted by atomic mass is 16.3. The molecule has 7 atom stereocenters. The molecule has 23 nitrogen and oxygen atoms in total. The number of unbranched alkanes of at least 4 members (excludes halogenated alkanes) is 1. The van der Waals surface area contributed by atoms with Gasteiger partial charge in [0.25, 0.3) is 0 Å². The van der Waals surface area contributed by atoms with Crippen molar-refractivity contribution < 1.29 is 39.0 Å². The van der Waals surface area contributed by atoms with Crippen LogP contribution in [-0.4, -0.2) is 152 Å². The van der Waals surface area contributed by atoms with Gasteiger partial charge >= 0.3 is 0 Å². The molecule has 0 saturated carbocycles. The van der Waals surface area contributed by atoms with Crippen molar-refractivity contribution in [3.8, 4) is 0 Å². The first-order chi connectivity index (χ1) is 27.8. The smallest absolute Gasteiger partial charge is 0.248 e. The van der Waals surface area contributed by atoms with Crippen LogP contribution in [0.25, 0.3) is 0 Å². The lowest BCUT2D eigenvalue weighted by atomic mass is 10.1. The molecule has 3 rings (SSSR count). The molecule has 2 aromatic heterocycles. The molecule has 0 unspecified atom stereocenters. The van der Waals surface area contributed by atoms with Gasteiger partial charge < -0.3 is 74.6 Å². The molecule has 0 spiro atoms. The molecule has 58 heavy (non-hydrogen) atoms. The number of rotatable bonds is 25. The van der Waals surface area contributed by atoms with Crippen molar-refractivity contribution in [2.45, 2.75) is 107 Å². The summed E-state index contributed by atoms with van der Waals surface area (Å²) in [4.78, 5) is 99.1. The third-order valence-corrected chi connectivity index (χ3v) is 9.48. The molecule has 6 amide bonds. The molecule has 1 aliphatic rings. The van der Waals surface area contributed by atoms with Crippen LogP contribution in [0.1, 0.15) is 63.3 Å². The molecule has 0 radical (unpaired) electrons. The lowest BCUT2D eigenvalue weighted by molar-refractivity contribution is -0.143. The standard InChI is InChI=1S/C35H59N15O8/c1-20(45-32(56)26(13-23-15-41-19-44-23)48-30(54)24(37)12-22-14-40-18-43-22)29(53)49-27(17-52)34(58)50-11-5-8-28(50)33(57)47-25(7-4-10-42-35(38)39)31(55)46-21(16-51)6-2-3-9-36/h14-15,18-21,24-28,51-52H,2-13,16-17,36-37H2,1H3,(H,40,43)(H,41,44)(H,45,56)(H,46,55)(H,47,57)(H,48,54)(H,49,53)(H4,38,39,42)/t20-,21-,24-,25-,26-,27-,28-/m0/s1. The van der Waals surface area contributed by atoms with Gasteiger partial charge in [0.2, 0.25) is 35.4 Å². The highest BCUT2D eigenvalue weighted by Gasteiger charge is 2.39. The summed E-state index contributed by atoms with van der Waals surface area (Å²) in [5.74, 6) is -4.25. The molecule has 0 aliphatic carbocycles.